The maximum atomic E-state index is 9.95. The summed E-state index contributed by atoms with van der Waals surface area (Å²) < 4.78 is 5.68. The van der Waals surface area contributed by atoms with Crippen molar-refractivity contribution in [3.63, 3.8) is 0 Å². The molecule has 2 aromatic rings. The Labute approximate surface area is 113 Å². The van der Waals surface area contributed by atoms with Gasteiger partial charge in [0.25, 0.3) is 0 Å². The average molecular weight is 254 g/mol. The highest BCUT2D eigenvalue weighted by Crippen LogP contribution is 2.39. The summed E-state index contributed by atoms with van der Waals surface area (Å²) in [7, 11) is 0. The fourth-order valence-electron chi connectivity index (χ4n) is 2.78. The molecule has 0 radical (unpaired) electrons. The van der Waals surface area contributed by atoms with Crippen molar-refractivity contribution in [2.45, 2.75) is 31.2 Å². The van der Waals surface area contributed by atoms with Gasteiger partial charge >= 0.3 is 0 Å². The van der Waals surface area contributed by atoms with E-state index < -0.39 is 6.29 Å². The first-order chi connectivity index (χ1) is 9.33. The third-order valence-electron chi connectivity index (χ3n) is 3.75. The third-order valence-corrected chi connectivity index (χ3v) is 3.75. The highest BCUT2D eigenvalue weighted by atomic mass is 16.6. The largest absolute Gasteiger partial charge is 0.368 e. The summed E-state index contributed by atoms with van der Waals surface area (Å²) in [5.74, 6) is 0.357. The predicted octanol–water partition coefficient (Wildman–Crippen LogP) is 3.64. The van der Waals surface area contributed by atoms with Crippen molar-refractivity contribution in [3.05, 3.63) is 71.8 Å². The van der Waals surface area contributed by atoms with Crippen molar-refractivity contribution in [3.8, 4) is 0 Å². The Morgan fingerprint density at radius 1 is 0.789 bits per heavy atom. The lowest BCUT2D eigenvalue weighted by Gasteiger charge is -2.33. The highest BCUT2D eigenvalue weighted by Gasteiger charge is 2.29. The smallest absolute Gasteiger partial charge is 0.155 e. The Morgan fingerprint density at radius 2 is 1.37 bits per heavy atom. The van der Waals surface area contributed by atoms with Gasteiger partial charge in [0.05, 0.1) is 6.10 Å². The van der Waals surface area contributed by atoms with E-state index >= 15 is 0 Å². The van der Waals surface area contributed by atoms with Crippen molar-refractivity contribution in [2.75, 3.05) is 0 Å². The molecule has 0 aromatic heterocycles. The summed E-state index contributed by atoms with van der Waals surface area (Å²) in [6, 6.07) is 20.5. The summed E-state index contributed by atoms with van der Waals surface area (Å²) in [6.45, 7) is 0. The second-order valence-electron chi connectivity index (χ2n) is 5.07. The molecule has 1 N–H and O–H groups in total. The van der Waals surface area contributed by atoms with Crippen LogP contribution in [0.5, 0.6) is 0 Å². The van der Waals surface area contributed by atoms with Crippen LogP contribution in [0.2, 0.25) is 0 Å². The maximum Gasteiger partial charge on any atom is 0.155 e. The van der Waals surface area contributed by atoms with Crippen LogP contribution in [-0.4, -0.2) is 11.4 Å². The molecule has 1 saturated heterocycles. The van der Waals surface area contributed by atoms with Gasteiger partial charge in [-0.2, -0.15) is 0 Å². The van der Waals surface area contributed by atoms with Crippen molar-refractivity contribution in [1.82, 2.24) is 0 Å². The predicted molar refractivity (Wildman–Crippen MR) is 74.7 cm³/mol. The second kappa shape index (κ2) is 5.55. The molecule has 2 heteroatoms. The first kappa shape index (κ1) is 12.4. The summed E-state index contributed by atoms with van der Waals surface area (Å²) in [6.07, 6.45) is 0.901. The van der Waals surface area contributed by atoms with Gasteiger partial charge in [0.15, 0.2) is 6.29 Å². The van der Waals surface area contributed by atoms with E-state index in [0.29, 0.717) is 12.3 Å². The number of hydrogen-bond acceptors (Lipinski definition) is 2. The Balaban J connectivity index is 1.82. The van der Waals surface area contributed by atoms with Crippen molar-refractivity contribution in [1.29, 1.82) is 0 Å². The van der Waals surface area contributed by atoms with E-state index in [4.69, 9.17) is 4.74 Å². The van der Waals surface area contributed by atoms with Gasteiger partial charge in [0, 0.05) is 6.42 Å². The maximum absolute atomic E-state index is 9.95. The molecule has 0 bridgehead atoms. The van der Waals surface area contributed by atoms with E-state index in [1.807, 2.05) is 24.3 Å². The van der Waals surface area contributed by atoms with E-state index in [9.17, 15) is 5.11 Å². The van der Waals surface area contributed by atoms with Gasteiger partial charge in [-0.3, -0.25) is 0 Å². The normalized spacial score (nSPS) is 27.1. The van der Waals surface area contributed by atoms with Crippen molar-refractivity contribution >= 4 is 0 Å². The quantitative estimate of drug-likeness (QED) is 0.886. The molecule has 1 heterocycles. The van der Waals surface area contributed by atoms with Crippen LogP contribution in [0.3, 0.4) is 0 Å². The Hall–Kier alpha value is -1.64. The first-order valence-electron chi connectivity index (χ1n) is 6.76. The lowest BCUT2D eigenvalue weighted by atomic mass is 9.86. The summed E-state index contributed by atoms with van der Waals surface area (Å²) in [5.41, 5.74) is 2.42. The fourth-order valence-corrected chi connectivity index (χ4v) is 2.78. The number of benzene rings is 2. The Bertz CT molecular complexity index is 462. The van der Waals surface area contributed by atoms with Crippen LogP contribution < -0.4 is 0 Å². The summed E-state index contributed by atoms with van der Waals surface area (Å²) >= 11 is 0. The van der Waals surface area contributed by atoms with Crippen molar-refractivity contribution in [2.24, 2.45) is 0 Å². The lowest BCUT2D eigenvalue weighted by molar-refractivity contribution is -0.170. The number of aliphatic hydroxyl groups is 1. The minimum absolute atomic E-state index is 0.0184. The van der Waals surface area contributed by atoms with Gasteiger partial charge in [-0.1, -0.05) is 60.7 Å². The second-order valence-corrected chi connectivity index (χ2v) is 5.07. The van der Waals surface area contributed by atoms with E-state index in [1.54, 1.807) is 0 Å². The van der Waals surface area contributed by atoms with Gasteiger partial charge < -0.3 is 9.84 Å². The zero-order valence-corrected chi connectivity index (χ0v) is 10.8. The van der Waals surface area contributed by atoms with E-state index in [-0.39, 0.29) is 6.10 Å². The SMILES string of the molecule is OC1CC(c2ccccc2)CC(c2ccccc2)O1. The van der Waals surface area contributed by atoms with E-state index in [1.165, 1.54) is 5.56 Å². The minimum atomic E-state index is -0.677. The first-order valence-corrected chi connectivity index (χ1v) is 6.76. The third kappa shape index (κ3) is 2.86. The number of rotatable bonds is 2. The molecule has 98 valence electrons. The molecule has 1 aliphatic heterocycles. The lowest BCUT2D eigenvalue weighted by Crippen LogP contribution is -2.27. The van der Waals surface area contributed by atoms with Crippen LogP contribution in [0.4, 0.5) is 0 Å². The number of aliphatic hydroxyl groups excluding tert-OH is 1. The van der Waals surface area contributed by atoms with Gasteiger partial charge in [-0.15, -0.1) is 0 Å². The van der Waals surface area contributed by atoms with Crippen LogP contribution in [0.1, 0.15) is 36.0 Å². The molecule has 2 nitrogen and oxygen atoms in total. The monoisotopic (exact) mass is 254 g/mol. The van der Waals surface area contributed by atoms with Crippen LogP contribution >= 0.6 is 0 Å². The summed E-state index contributed by atoms with van der Waals surface area (Å²) in [5, 5.41) is 9.95. The molecule has 1 aliphatic rings. The fraction of sp³-hybridized carbons (Fsp3) is 0.294. The molecule has 3 unspecified atom stereocenters. The molecular formula is C17H18O2. The minimum Gasteiger partial charge on any atom is -0.368 e. The molecule has 1 fully saturated rings. The van der Waals surface area contributed by atoms with E-state index in [0.717, 1.165) is 12.0 Å². The Kier molecular flexibility index (Phi) is 3.62. The molecular weight excluding hydrogens is 236 g/mol. The highest BCUT2D eigenvalue weighted by molar-refractivity contribution is 5.23. The van der Waals surface area contributed by atoms with Crippen LogP contribution in [-0.2, 0) is 4.74 Å². The van der Waals surface area contributed by atoms with Crippen molar-refractivity contribution < 1.29 is 9.84 Å². The van der Waals surface area contributed by atoms with Gasteiger partial charge in [-0.05, 0) is 23.5 Å². The van der Waals surface area contributed by atoms with Crippen LogP contribution in [0, 0.1) is 0 Å². The zero-order valence-electron chi connectivity index (χ0n) is 10.8. The summed E-state index contributed by atoms with van der Waals surface area (Å²) in [4.78, 5) is 0. The van der Waals surface area contributed by atoms with Gasteiger partial charge in [-0.25, -0.2) is 0 Å². The molecule has 2 aromatic carbocycles. The van der Waals surface area contributed by atoms with E-state index in [2.05, 4.69) is 36.4 Å². The van der Waals surface area contributed by atoms with Crippen LogP contribution in [0.15, 0.2) is 60.7 Å². The number of ether oxygens (including phenoxy) is 1. The molecule has 0 spiro atoms. The molecule has 3 atom stereocenters. The van der Waals surface area contributed by atoms with Gasteiger partial charge in [0.1, 0.15) is 0 Å². The standard InChI is InChI=1S/C17H18O2/c18-17-12-15(13-7-3-1-4-8-13)11-16(19-17)14-9-5-2-6-10-14/h1-10,15-18H,11-12H2. The molecule has 3 rings (SSSR count). The molecule has 0 amide bonds. The molecule has 0 saturated carbocycles. The Morgan fingerprint density at radius 3 is 2.00 bits per heavy atom. The van der Waals surface area contributed by atoms with Gasteiger partial charge in [0.2, 0.25) is 0 Å². The number of hydrogen-bond donors (Lipinski definition) is 1. The van der Waals surface area contributed by atoms with Crippen LogP contribution in [0.25, 0.3) is 0 Å². The molecule has 19 heavy (non-hydrogen) atoms. The topological polar surface area (TPSA) is 29.5 Å². The molecule has 0 aliphatic carbocycles. The average Bonchev–Trinajstić information content (AvgIpc) is 2.48. The zero-order chi connectivity index (χ0) is 13.1.